The van der Waals surface area contributed by atoms with Gasteiger partial charge in [-0.25, -0.2) is 9.97 Å². The summed E-state index contributed by atoms with van der Waals surface area (Å²) in [5, 5.41) is 18.2. The Morgan fingerprint density at radius 1 is 1.24 bits per heavy atom. The monoisotopic (exact) mass is 532 g/mol. The molecule has 1 atom stereocenters. The highest BCUT2D eigenvalue weighted by Gasteiger charge is 2.32. The lowest BCUT2D eigenvalue weighted by molar-refractivity contribution is -0.141. The van der Waals surface area contributed by atoms with Crippen molar-refractivity contribution in [2.24, 2.45) is 16.8 Å². The number of hydrogen-bond donors (Lipinski definition) is 4. The van der Waals surface area contributed by atoms with E-state index in [2.05, 4.69) is 44.8 Å². The van der Waals surface area contributed by atoms with Crippen LogP contribution in [0, 0.1) is 11.8 Å². The van der Waals surface area contributed by atoms with E-state index >= 15 is 0 Å². The molecular formula is C18H32F3IN6O. The van der Waals surface area contributed by atoms with E-state index in [9.17, 15) is 18.3 Å². The topological polar surface area (TPSA) is 94.5 Å². The molecule has 29 heavy (non-hydrogen) atoms. The number of hydrogen-bond acceptors (Lipinski definition) is 5. The van der Waals surface area contributed by atoms with Gasteiger partial charge in [0.1, 0.15) is 5.69 Å². The van der Waals surface area contributed by atoms with Crippen LogP contribution in [0.4, 0.5) is 19.1 Å². The lowest BCUT2D eigenvalue weighted by atomic mass is 9.94. The zero-order valence-electron chi connectivity index (χ0n) is 17.1. The summed E-state index contributed by atoms with van der Waals surface area (Å²) in [4.78, 5) is 11.8. The first-order valence-corrected chi connectivity index (χ1v) is 9.53. The van der Waals surface area contributed by atoms with Gasteiger partial charge in [0.15, 0.2) is 5.96 Å². The Morgan fingerprint density at radius 2 is 1.97 bits per heavy atom. The van der Waals surface area contributed by atoms with Crippen LogP contribution < -0.4 is 16.0 Å². The summed E-state index contributed by atoms with van der Waals surface area (Å²) in [5.74, 6) is 1.38. The second kappa shape index (κ2) is 14.6. The number of guanidine groups is 1. The normalized spacial score (nSPS) is 13.0. The van der Waals surface area contributed by atoms with Crippen LogP contribution in [0.25, 0.3) is 0 Å². The third kappa shape index (κ3) is 12.0. The molecule has 1 aromatic rings. The maximum atomic E-state index is 12.7. The number of aliphatic hydroxyl groups excluding tert-OH is 1. The van der Waals surface area contributed by atoms with Crippen LogP contribution in [0.15, 0.2) is 17.3 Å². The van der Waals surface area contributed by atoms with E-state index < -0.39 is 11.9 Å². The molecule has 0 spiro atoms. The Morgan fingerprint density at radius 3 is 2.55 bits per heavy atom. The van der Waals surface area contributed by atoms with Crippen LogP contribution in [0.2, 0.25) is 0 Å². The molecule has 0 aliphatic carbocycles. The molecular weight excluding hydrogens is 500 g/mol. The Balaban J connectivity index is 0.00000784. The molecule has 0 bridgehead atoms. The summed E-state index contributed by atoms with van der Waals surface area (Å²) in [6.07, 6.45) is -1.73. The summed E-state index contributed by atoms with van der Waals surface area (Å²) in [6.45, 7) is 8.41. The van der Waals surface area contributed by atoms with Gasteiger partial charge in [0.2, 0.25) is 5.95 Å². The highest BCUT2D eigenvalue weighted by Crippen LogP contribution is 2.27. The standard InChI is InChI=1S/C18H31F3N6O.HI/c1-4-22-16(26-12-14(6-10-28)11-13(2)3)24-8-9-25-17-23-7-5-15(27-17)18(19,20)21;/h5,7,13-14,28H,4,6,8-12H2,1-3H3,(H2,22,24,26)(H,23,25,27);1H. The van der Waals surface area contributed by atoms with Gasteiger partial charge in [-0.15, -0.1) is 24.0 Å². The molecule has 168 valence electrons. The molecule has 0 aromatic carbocycles. The highest BCUT2D eigenvalue weighted by molar-refractivity contribution is 14.0. The minimum absolute atomic E-state index is 0. The first-order valence-electron chi connectivity index (χ1n) is 9.53. The minimum Gasteiger partial charge on any atom is -0.396 e. The van der Waals surface area contributed by atoms with Gasteiger partial charge in [0, 0.05) is 39.0 Å². The number of aliphatic imine (C=N–C) groups is 1. The van der Waals surface area contributed by atoms with Crippen LogP contribution in [-0.4, -0.2) is 53.8 Å². The Labute approximate surface area is 187 Å². The van der Waals surface area contributed by atoms with E-state index in [0.717, 1.165) is 18.7 Å². The number of aromatic nitrogens is 2. The summed E-state index contributed by atoms with van der Waals surface area (Å²) < 4.78 is 38.0. The third-order valence-electron chi connectivity index (χ3n) is 3.84. The van der Waals surface area contributed by atoms with Crippen molar-refractivity contribution in [1.29, 1.82) is 0 Å². The molecule has 0 amide bonds. The molecule has 1 rings (SSSR count). The fourth-order valence-electron chi connectivity index (χ4n) is 2.65. The van der Waals surface area contributed by atoms with Crippen LogP contribution in [-0.2, 0) is 6.18 Å². The van der Waals surface area contributed by atoms with E-state index in [1.807, 2.05) is 6.92 Å². The molecule has 0 aliphatic rings. The van der Waals surface area contributed by atoms with E-state index in [1.54, 1.807) is 0 Å². The van der Waals surface area contributed by atoms with Gasteiger partial charge in [0.25, 0.3) is 0 Å². The van der Waals surface area contributed by atoms with Gasteiger partial charge in [-0.1, -0.05) is 13.8 Å². The highest BCUT2D eigenvalue weighted by atomic mass is 127. The summed E-state index contributed by atoms with van der Waals surface area (Å²) >= 11 is 0. The number of aliphatic hydroxyl groups is 1. The van der Waals surface area contributed by atoms with Crippen molar-refractivity contribution in [1.82, 2.24) is 20.6 Å². The Bertz CT molecular complexity index is 601. The van der Waals surface area contributed by atoms with Crippen molar-refractivity contribution in [2.45, 2.75) is 39.8 Å². The third-order valence-corrected chi connectivity index (χ3v) is 3.84. The van der Waals surface area contributed by atoms with Crippen molar-refractivity contribution in [3.63, 3.8) is 0 Å². The minimum atomic E-state index is -4.50. The molecule has 11 heteroatoms. The second-order valence-electron chi connectivity index (χ2n) is 6.84. The van der Waals surface area contributed by atoms with Crippen LogP contribution in [0.3, 0.4) is 0 Å². The predicted octanol–water partition coefficient (Wildman–Crippen LogP) is 3.13. The van der Waals surface area contributed by atoms with Gasteiger partial charge >= 0.3 is 6.18 Å². The molecule has 0 aliphatic heterocycles. The van der Waals surface area contributed by atoms with Gasteiger partial charge in [0.05, 0.1) is 0 Å². The zero-order chi connectivity index (χ0) is 21.0. The maximum absolute atomic E-state index is 12.7. The number of anilines is 1. The van der Waals surface area contributed by atoms with Crippen molar-refractivity contribution in [3.8, 4) is 0 Å². The second-order valence-corrected chi connectivity index (χ2v) is 6.84. The summed E-state index contributed by atoms with van der Waals surface area (Å²) in [7, 11) is 0. The number of rotatable bonds is 11. The molecule has 1 unspecified atom stereocenters. The number of halogens is 4. The zero-order valence-corrected chi connectivity index (χ0v) is 19.4. The lowest BCUT2D eigenvalue weighted by Gasteiger charge is -2.17. The molecule has 0 radical (unpaired) electrons. The molecule has 1 aromatic heterocycles. The first-order chi connectivity index (χ1) is 13.3. The smallest absolute Gasteiger partial charge is 0.396 e. The fraction of sp³-hybridized carbons (Fsp3) is 0.722. The average molecular weight is 532 g/mol. The van der Waals surface area contributed by atoms with E-state index in [0.29, 0.717) is 50.4 Å². The molecule has 1 heterocycles. The van der Waals surface area contributed by atoms with Crippen molar-refractivity contribution in [2.75, 3.05) is 38.1 Å². The fourth-order valence-corrected chi connectivity index (χ4v) is 2.65. The summed E-state index contributed by atoms with van der Waals surface area (Å²) in [6, 6.07) is 0.833. The van der Waals surface area contributed by atoms with Gasteiger partial charge in [-0.05, 0) is 37.7 Å². The van der Waals surface area contributed by atoms with E-state index in [4.69, 9.17) is 0 Å². The predicted molar refractivity (Wildman–Crippen MR) is 120 cm³/mol. The van der Waals surface area contributed by atoms with Gasteiger partial charge in [-0.2, -0.15) is 13.2 Å². The molecule has 0 saturated carbocycles. The molecule has 4 N–H and O–H groups in total. The largest absolute Gasteiger partial charge is 0.433 e. The molecule has 7 nitrogen and oxygen atoms in total. The quantitative estimate of drug-likeness (QED) is 0.152. The van der Waals surface area contributed by atoms with Crippen LogP contribution in [0.5, 0.6) is 0 Å². The van der Waals surface area contributed by atoms with Crippen molar-refractivity contribution in [3.05, 3.63) is 18.0 Å². The van der Waals surface area contributed by atoms with Crippen LogP contribution in [0.1, 0.15) is 39.3 Å². The van der Waals surface area contributed by atoms with Gasteiger partial charge in [-0.3, -0.25) is 4.99 Å². The molecule has 0 fully saturated rings. The number of nitrogens with zero attached hydrogens (tertiary/aromatic N) is 3. The first kappa shape index (κ1) is 27.6. The Hall–Kier alpha value is -1.37. The molecule has 0 saturated heterocycles. The van der Waals surface area contributed by atoms with Crippen molar-refractivity contribution < 1.29 is 18.3 Å². The SMILES string of the molecule is CCNC(=NCC(CCO)CC(C)C)NCCNc1nccc(C(F)(F)F)n1.I. The maximum Gasteiger partial charge on any atom is 0.433 e. The number of nitrogens with one attached hydrogen (secondary N) is 3. The number of alkyl halides is 3. The van der Waals surface area contributed by atoms with Crippen LogP contribution >= 0.6 is 24.0 Å². The van der Waals surface area contributed by atoms with E-state index in [-0.39, 0.29) is 36.5 Å². The van der Waals surface area contributed by atoms with Crippen molar-refractivity contribution >= 4 is 35.9 Å². The van der Waals surface area contributed by atoms with E-state index in [1.165, 1.54) is 0 Å². The average Bonchev–Trinajstić information content (AvgIpc) is 2.62. The summed E-state index contributed by atoms with van der Waals surface area (Å²) in [5.41, 5.74) is -0.979. The Kier molecular flexibility index (Phi) is 13.9. The van der Waals surface area contributed by atoms with Gasteiger partial charge < -0.3 is 21.1 Å². The lowest BCUT2D eigenvalue weighted by Crippen LogP contribution is -2.40.